The van der Waals surface area contributed by atoms with Crippen LogP contribution in [0.3, 0.4) is 0 Å². The number of nitrogens with one attached hydrogen (secondary N) is 1. The standard InChI is InChI=1S/C13H24N2O3/c1-9(8-17-2)18-11-5-6-13(7-11,12(14)16)15-10-3-4-10/h9-11,15H,3-8H2,1-2H3,(H2,14,16). The van der Waals surface area contributed by atoms with E-state index in [1.807, 2.05) is 6.92 Å². The molecule has 18 heavy (non-hydrogen) atoms. The van der Waals surface area contributed by atoms with Gasteiger partial charge in [-0.25, -0.2) is 0 Å². The highest BCUT2D eigenvalue weighted by atomic mass is 16.5. The van der Waals surface area contributed by atoms with Crippen LogP contribution in [0, 0.1) is 0 Å². The van der Waals surface area contributed by atoms with Crippen molar-refractivity contribution in [1.82, 2.24) is 5.32 Å². The number of methoxy groups -OCH3 is 1. The predicted octanol–water partition coefficient (Wildman–Crippen LogP) is 0.567. The molecule has 3 N–H and O–H groups in total. The summed E-state index contributed by atoms with van der Waals surface area (Å²) < 4.78 is 10.9. The lowest BCUT2D eigenvalue weighted by Gasteiger charge is -2.27. The fraction of sp³-hybridized carbons (Fsp3) is 0.923. The first-order valence-corrected chi connectivity index (χ1v) is 6.78. The fourth-order valence-corrected chi connectivity index (χ4v) is 2.76. The van der Waals surface area contributed by atoms with Gasteiger partial charge in [-0.3, -0.25) is 4.79 Å². The van der Waals surface area contributed by atoms with Gasteiger partial charge in [0, 0.05) is 19.6 Å². The van der Waals surface area contributed by atoms with E-state index in [0.29, 0.717) is 19.1 Å². The van der Waals surface area contributed by atoms with Gasteiger partial charge in [-0.05, 0) is 32.6 Å². The van der Waals surface area contributed by atoms with Crippen LogP contribution in [0.15, 0.2) is 0 Å². The molecule has 5 heteroatoms. The lowest BCUT2D eigenvalue weighted by molar-refractivity contribution is -0.125. The molecule has 104 valence electrons. The Hall–Kier alpha value is -0.650. The molecule has 1 amide bonds. The molecule has 2 aliphatic carbocycles. The molecular weight excluding hydrogens is 232 g/mol. The molecule has 2 aliphatic rings. The second-order valence-corrected chi connectivity index (χ2v) is 5.63. The van der Waals surface area contributed by atoms with Crippen molar-refractivity contribution < 1.29 is 14.3 Å². The first-order chi connectivity index (χ1) is 8.55. The van der Waals surface area contributed by atoms with E-state index in [9.17, 15) is 4.79 Å². The molecule has 3 atom stereocenters. The summed E-state index contributed by atoms with van der Waals surface area (Å²) in [5.41, 5.74) is 5.04. The van der Waals surface area contributed by atoms with E-state index in [1.165, 1.54) is 0 Å². The summed E-state index contributed by atoms with van der Waals surface area (Å²) in [7, 11) is 1.66. The van der Waals surface area contributed by atoms with Gasteiger partial charge in [-0.2, -0.15) is 0 Å². The van der Waals surface area contributed by atoms with Crippen molar-refractivity contribution in [3.63, 3.8) is 0 Å². The van der Waals surface area contributed by atoms with Crippen molar-refractivity contribution in [3.05, 3.63) is 0 Å². The molecular formula is C13H24N2O3. The summed E-state index contributed by atoms with van der Waals surface area (Å²) in [5, 5.41) is 3.42. The third-order valence-electron chi connectivity index (χ3n) is 3.82. The molecule has 2 fully saturated rings. The number of ether oxygens (including phenoxy) is 2. The van der Waals surface area contributed by atoms with Crippen LogP contribution in [0.1, 0.15) is 39.0 Å². The van der Waals surface area contributed by atoms with Gasteiger partial charge in [-0.15, -0.1) is 0 Å². The molecule has 3 unspecified atom stereocenters. The third-order valence-corrected chi connectivity index (χ3v) is 3.82. The summed E-state index contributed by atoms with van der Waals surface area (Å²) in [4.78, 5) is 11.7. The lowest BCUT2D eigenvalue weighted by Crippen LogP contribution is -2.55. The average molecular weight is 256 g/mol. The number of primary amides is 1. The Labute approximate surface area is 108 Å². The highest BCUT2D eigenvalue weighted by Gasteiger charge is 2.47. The van der Waals surface area contributed by atoms with Crippen LogP contribution in [0.25, 0.3) is 0 Å². The topological polar surface area (TPSA) is 73.6 Å². The molecule has 0 saturated heterocycles. The van der Waals surface area contributed by atoms with Gasteiger partial charge >= 0.3 is 0 Å². The first kappa shape index (κ1) is 13.8. The maximum absolute atomic E-state index is 11.7. The maximum atomic E-state index is 11.7. The smallest absolute Gasteiger partial charge is 0.237 e. The zero-order valence-corrected chi connectivity index (χ0v) is 11.3. The number of carbonyl (C=O) groups is 1. The molecule has 0 aliphatic heterocycles. The Bertz CT molecular complexity index is 307. The molecule has 0 aromatic rings. The molecule has 0 aromatic carbocycles. The molecule has 0 bridgehead atoms. The van der Waals surface area contributed by atoms with Gasteiger partial charge in [0.15, 0.2) is 0 Å². The van der Waals surface area contributed by atoms with Crippen LogP contribution in [0.4, 0.5) is 0 Å². The molecule has 0 aromatic heterocycles. The molecule has 2 saturated carbocycles. The molecule has 2 rings (SSSR count). The highest BCUT2D eigenvalue weighted by Crippen LogP contribution is 2.35. The van der Waals surface area contributed by atoms with E-state index < -0.39 is 5.54 Å². The SMILES string of the molecule is COCC(C)OC1CCC(NC2CC2)(C(N)=O)C1. The van der Waals surface area contributed by atoms with Gasteiger partial charge < -0.3 is 20.5 Å². The largest absolute Gasteiger partial charge is 0.382 e. The molecule has 0 heterocycles. The predicted molar refractivity (Wildman–Crippen MR) is 68.1 cm³/mol. The lowest BCUT2D eigenvalue weighted by atomic mass is 9.96. The minimum Gasteiger partial charge on any atom is -0.382 e. The minimum atomic E-state index is -0.543. The summed E-state index contributed by atoms with van der Waals surface area (Å²) in [6.45, 7) is 2.57. The van der Waals surface area contributed by atoms with Crippen LogP contribution in [0.5, 0.6) is 0 Å². The van der Waals surface area contributed by atoms with Crippen LogP contribution in [-0.4, -0.2) is 43.4 Å². The van der Waals surface area contributed by atoms with Crippen molar-refractivity contribution in [2.75, 3.05) is 13.7 Å². The van der Waals surface area contributed by atoms with E-state index in [0.717, 1.165) is 25.7 Å². The van der Waals surface area contributed by atoms with Gasteiger partial charge in [0.2, 0.25) is 5.91 Å². The van der Waals surface area contributed by atoms with Crippen LogP contribution < -0.4 is 11.1 Å². The molecule has 5 nitrogen and oxygen atoms in total. The van der Waals surface area contributed by atoms with Crippen molar-refractivity contribution >= 4 is 5.91 Å². The Morgan fingerprint density at radius 3 is 2.78 bits per heavy atom. The van der Waals surface area contributed by atoms with Gasteiger partial charge in [-0.1, -0.05) is 0 Å². The van der Waals surface area contributed by atoms with Gasteiger partial charge in [0.1, 0.15) is 5.54 Å². The van der Waals surface area contributed by atoms with E-state index in [-0.39, 0.29) is 18.1 Å². The fourth-order valence-electron chi connectivity index (χ4n) is 2.76. The first-order valence-electron chi connectivity index (χ1n) is 6.78. The molecule has 0 spiro atoms. The van der Waals surface area contributed by atoms with Gasteiger partial charge in [0.05, 0.1) is 18.8 Å². The Kier molecular flexibility index (Phi) is 4.25. The van der Waals surface area contributed by atoms with Crippen LogP contribution >= 0.6 is 0 Å². The van der Waals surface area contributed by atoms with Crippen molar-refractivity contribution in [1.29, 1.82) is 0 Å². The van der Waals surface area contributed by atoms with Gasteiger partial charge in [0.25, 0.3) is 0 Å². The second-order valence-electron chi connectivity index (χ2n) is 5.63. The normalized spacial score (nSPS) is 33.6. The number of carbonyl (C=O) groups excluding carboxylic acids is 1. The highest BCUT2D eigenvalue weighted by molar-refractivity contribution is 5.85. The Morgan fingerprint density at radius 1 is 1.50 bits per heavy atom. The monoisotopic (exact) mass is 256 g/mol. The van der Waals surface area contributed by atoms with Crippen molar-refractivity contribution in [3.8, 4) is 0 Å². The molecule has 0 radical (unpaired) electrons. The average Bonchev–Trinajstić information content (AvgIpc) is 3.00. The summed E-state index contributed by atoms with van der Waals surface area (Å²) in [6.07, 6.45) is 4.83. The van der Waals surface area contributed by atoms with Crippen molar-refractivity contribution in [2.24, 2.45) is 5.73 Å². The third kappa shape index (κ3) is 3.22. The van der Waals surface area contributed by atoms with E-state index >= 15 is 0 Å². The Morgan fingerprint density at radius 2 is 2.22 bits per heavy atom. The van der Waals surface area contributed by atoms with Crippen LogP contribution in [0.2, 0.25) is 0 Å². The zero-order valence-electron chi connectivity index (χ0n) is 11.3. The van der Waals surface area contributed by atoms with Crippen molar-refractivity contribution in [2.45, 2.75) is 62.8 Å². The minimum absolute atomic E-state index is 0.0598. The Balaban J connectivity index is 1.88. The van der Waals surface area contributed by atoms with E-state index in [1.54, 1.807) is 7.11 Å². The summed E-state index contributed by atoms with van der Waals surface area (Å²) in [5.74, 6) is -0.236. The van der Waals surface area contributed by atoms with E-state index in [2.05, 4.69) is 5.32 Å². The second kappa shape index (κ2) is 5.55. The zero-order chi connectivity index (χ0) is 13.2. The number of hydrogen-bond acceptors (Lipinski definition) is 4. The van der Waals surface area contributed by atoms with E-state index in [4.69, 9.17) is 15.2 Å². The number of rotatable bonds is 7. The summed E-state index contributed by atoms with van der Waals surface area (Å²) in [6, 6.07) is 0.479. The van der Waals surface area contributed by atoms with Crippen LogP contribution in [-0.2, 0) is 14.3 Å². The number of amides is 1. The summed E-state index contributed by atoms with van der Waals surface area (Å²) >= 11 is 0. The quantitative estimate of drug-likeness (QED) is 0.698. The number of hydrogen-bond donors (Lipinski definition) is 2. The maximum Gasteiger partial charge on any atom is 0.237 e. The number of nitrogens with two attached hydrogens (primary N) is 1.